The Bertz CT molecular complexity index is 477. The Balaban J connectivity index is 1.94. The molecule has 2 N–H and O–H groups in total. The van der Waals surface area contributed by atoms with Crippen LogP contribution in [0.3, 0.4) is 0 Å². The molecule has 0 aromatic carbocycles. The molecule has 0 spiro atoms. The summed E-state index contributed by atoms with van der Waals surface area (Å²) >= 11 is 0. The Labute approximate surface area is 123 Å². The highest BCUT2D eigenvalue weighted by Gasteiger charge is 2.39. The van der Waals surface area contributed by atoms with Crippen molar-refractivity contribution in [1.82, 2.24) is 15.3 Å². The highest BCUT2D eigenvalue weighted by Crippen LogP contribution is 2.37. The monoisotopic (exact) mass is 295 g/mol. The van der Waals surface area contributed by atoms with Gasteiger partial charge in [0, 0.05) is 25.4 Å². The van der Waals surface area contributed by atoms with Crippen LogP contribution in [0.4, 0.5) is 0 Å². The minimum atomic E-state index is -0.725. The molecular weight excluding hydrogens is 274 g/mol. The number of carbonyl (C=O) groups excluding carboxylic acids is 2. The van der Waals surface area contributed by atoms with Gasteiger partial charge in [0.05, 0.1) is 25.5 Å². The van der Waals surface area contributed by atoms with Gasteiger partial charge in [-0.25, -0.2) is 9.78 Å². The molecule has 0 saturated heterocycles. The van der Waals surface area contributed by atoms with Crippen molar-refractivity contribution in [1.29, 1.82) is 0 Å². The number of nitrogens with zero attached hydrogens (tertiary/aromatic N) is 1. The third-order valence-corrected chi connectivity index (χ3v) is 3.98. The maximum absolute atomic E-state index is 12.1. The molecule has 7 nitrogen and oxygen atoms in total. The lowest BCUT2D eigenvalue weighted by atomic mass is 9.77. The molecule has 1 atom stereocenters. The number of carbonyl (C=O) groups is 2. The molecule has 0 radical (unpaired) electrons. The van der Waals surface area contributed by atoms with E-state index in [1.807, 2.05) is 0 Å². The third kappa shape index (κ3) is 3.81. The zero-order valence-corrected chi connectivity index (χ0v) is 12.3. The number of amides is 1. The average molecular weight is 295 g/mol. The average Bonchev–Trinajstić information content (AvgIpc) is 2.94. The van der Waals surface area contributed by atoms with Gasteiger partial charge in [-0.05, 0) is 19.3 Å². The Morgan fingerprint density at radius 2 is 2.24 bits per heavy atom. The number of aromatic amines is 1. The largest absolute Gasteiger partial charge is 0.467 e. The first kappa shape index (κ1) is 15.5. The summed E-state index contributed by atoms with van der Waals surface area (Å²) in [5.41, 5.74) is 0.398. The quantitative estimate of drug-likeness (QED) is 0.717. The summed E-state index contributed by atoms with van der Waals surface area (Å²) in [7, 11) is 2.92. The number of ether oxygens (including phenoxy) is 2. The molecule has 1 aliphatic carbocycles. The van der Waals surface area contributed by atoms with Gasteiger partial charge in [0.25, 0.3) is 0 Å². The lowest BCUT2D eigenvalue weighted by Gasteiger charge is -2.40. The molecule has 0 aliphatic heterocycles. The minimum Gasteiger partial charge on any atom is -0.467 e. The van der Waals surface area contributed by atoms with E-state index in [1.54, 1.807) is 13.3 Å². The summed E-state index contributed by atoms with van der Waals surface area (Å²) in [5, 5.41) is 2.72. The SMILES string of the molecule is COC(=O)[C@H](Cc1cnc[nH]1)NC(=O)CC1(OC)CCC1. The molecule has 1 aromatic heterocycles. The highest BCUT2D eigenvalue weighted by atomic mass is 16.5. The predicted molar refractivity (Wildman–Crippen MR) is 74.4 cm³/mol. The standard InChI is InChI=1S/C14H21N3O4/c1-20-13(19)11(6-10-8-15-9-16-10)17-12(18)7-14(21-2)4-3-5-14/h8-9,11H,3-7H2,1-2H3,(H,15,16)(H,17,18)/t11-/m0/s1. The van der Waals surface area contributed by atoms with Crippen LogP contribution in [0.15, 0.2) is 12.5 Å². The smallest absolute Gasteiger partial charge is 0.328 e. The van der Waals surface area contributed by atoms with Gasteiger partial charge < -0.3 is 19.8 Å². The molecular formula is C14H21N3O4. The number of hydrogen-bond donors (Lipinski definition) is 2. The van der Waals surface area contributed by atoms with Gasteiger partial charge in [0.2, 0.25) is 5.91 Å². The number of hydrogen-bond acceptors (Lipinski definition) is 5. The molecule has 1 amide bonds. The summed E-state index contributed by atoms with van der Waals surface area (Å²) in [6.07, 6.45) is 6.54. The molecule has 21 heavy (non-hydrogen) atoms. The van der Waals surface area contributed by atoms with Crippen molar-refractivity contribution < 1.29 is 19.1 Å². The Hall–Kier alpha value is -1.89. The van der Waals surface area contributed by atoms with Crippen molar-refractivity contribution >= 4 is 11.9 Å². The molecule has 1 heterocycles. The number of H-pyrrole nitrogens is 1. The lowest BCUT2D eigenvalue weighted by molar-refractivity contribution is -0.147. The minimum absolute atomic E-state index is 0.202. The first-order valence-corrected chi connectivity index (χ1v) is 6.98. The normalized spacial score (nSPS) is 17.6. The molecule has 0 unspecified atom stereocenters. The number of methoxy groups -OCH3 is 2. The summed E-state index contributed by atoms with van der Waals surface area (Å²) in [6, 6.07) is -0.725. The molecule has 1 saturated carbocycles. The number of imidazole rings is 1. The number of rotatable bonds is 7. The van der Waals surface area contributed by atoms with Crippen LogP contribution in [0.5, 0.6) is 0 Å². The Morgan fingerprint density at radius 1 is 1.48 bits per heavy atom. The second-order valence-corrected chi connectivity index (χ2v) is 5.34. The topological polar surface area (TPSA) is 93.3 Å². The molecule has 1 aromatic rings. The number of esters is 1. The van der Waals surface area contributed by atoms with Crippen LogP contribution in [0.2, 0.25) is 0 Å². The zero-order valence-electron chi connectivity index (χ0n) is 12.3. The van der Waals surface area contributed by atoms with E-state index in [4.69, 9.17) is 9.47 Å². The van der Waals surface area contributed by atoms with Crippen molar-refractivity contribution in [2.75, 3.05) is 14.2 Å². The fourth-order valence-electron chi connectivity index (χ4n) is 2.51. The van der Waals surface area contributed by atoms with Crippen LogP contribution in [-0.4, -0.2) is 47.7 Å². The summed E-state index contributed by atoms with van der Waals surface area (Å²) in [4.78, 5) is 30.7. The zero-order chi connectivity index (χ0) is 15.3. The molecule has 116 valence electrons. The first-order chi connectivity index (χ1) is 10.1. The van der Waals surface area contributed by atoms with E-state index in [0.717, 1.165) is 25.0 Å². The molecule has 1 aliphatic rings. The number of aromatic nitrogens is 2. The van der Waals surface area contributed by atoms with Gasteiger partial charge in [-0.2, -0.15) is 0 Å². The van der Waals surface area contributed by atoms with Crippen molar-refractivity contribution in [3.63, 3.8) is 0 Å². The van der Waals surface area contributed by atoms with Crippen LogP contribution >= 0.6 is 0 Å². The molecule has 2 rings (SSSR count). The molecule has 0 bridgehead atoms. The van der Waals surface area contributed by atoms with Gasteiger partial charge >= 0.3 is 5.97 Å². The molecule has 1 fully saturated rings. The van der Waals surface area contributed by atoms with Gasteiger partial charge in [-0.1, -0.05) is 0 Å². The molecule has 7 heteroatoms. The van der Waals surface area contributed by atoms with Crippen LogP contribution in [-0.2, 0) is 25.5 Å². The van der Waals surface area contributed by atoms with E-state index in [-0.39, 0.29) is 17.9 Å². The van der Waals surface area contributed by atoms with Crippen LogP contribution in [0.25, 0.3) is 0 Å². The van der Waals surface area contributed by atoms with Gasteiger partial charge in [-0.15, -0.1) is 0 Å². The van der Waals surface area contributed by atoms with E-state index < -0.39 is 12.0 Å². The van der Waals surface area contributed by atoms with Crippen molar-refractivity contribution in [3.8, 4) is 0 Å². The van der Waals surface area contributed by atoms with Crippen LogP contribution in [0.1, 0.15) is 31.4 Å². The predicted octanol–water partition coefficient (Wildman–Crippen LogP) is 0.569. The maximum atomic E-state index is 12.1. The fourth-order valence-corrected chi connectivity index (χ4v) is 2.51. The van der Waals surface area contributed by atoms with Crippen LogP contribution in [0, 0.1) is 0 Å². The van der Waals surface area contributed by atoms with E-state index in [1.165, 1.54) is 13.4 Å². The lowest BCUT2D eigenvalue weighted by Crippen LogP contribution is -2.48. The van der Waals surface area contributed by atoms with Gasteiger partial charge in [-0.3, -0.25) is 4.79 Å². The van der Waals surface area contributed by atoms with E-state index in [0.29, 0.717) is 6.42 Å². The second-order valence-electron chi connectivity index (χ2n) is 5.34. The number of nitrogens with one attached hydrogen (secondary N) is 2. The summed E-state index contributed by atoms with van der Waals surface area (Å²) < 4.78 is 10.2. The first-order valence-electron chi connectivity index (χ1n) is 6.98. The van der Waals surface area contributed by atoms with Crippen LogP contribution < -0.4 is 5.32 Å². The Morgan fingerprint density at radius 3 is 2.71 bits per heavy atom. The maximum Gasteiger partial charge on any atom is 0.328 e. The summed E-state index contributed by atoms with van der Waals surface area (Å²) in [6.45, 7) is 0. The fraction of sp³-hybridized carbons (Fsp3) is 0.643. The van der Waals surface area contributed by atoms with Crippen molar-refractivity contribution in [2.24, 2.45) is 0 Å². The van der Waals surface area contributed by atoms with Gasteiger partial charge in [0.1, 0.15) is 6.04 Å². The van der Waals surface area contributed by atoms with E-state index in [2.05, 4.69) is 15.3 Å². The summed E-state index contributed by atoms with van der Waals surface area (Å²) in [5.74, 6) is -0.676. The third-order valence-electron chi connectivity index (χ3n) is 3.98. The van der Waals surface area contributed by atoms with E-state index >= 15 is 0 Å². The highest BCUT2D eigenvalue weighted by molar-refractivity contribution is 5.85. The van der Waals surface area contributed by atoms with Crippen molar-refractivity contribution in [3.05, 3.63) is 18.2 Å². The van der Waals surface area contributed by atoms with E-state index in [9.17, 15) is 9.59 Å². The second kappa shape index (κ2) is 6.71. The van der Waals surface area contributed by atoms with Gasteiger partial charge in [0.15, 0.2) is 0 Å². The Kier molecular flexibility index (Phi) is 4.95. The van der Waals surface area contributed by atoms with Crippen molar-refractivity contribution in [2.45, 2.75) is 43.7 Å².